The smallest absolute Gasteiger partial charge is 0.328 e. The van der Waals surface area contributed by atoms with Crippen molar-refractivity contribution in [2.45, 2.75) is 194 Å². The number of hydrogen-bond acceptors (Lipinski definition) is 6. The van der Waals surface area contributed by atoms with Crippen LogP contribution < -0.4 is 37.3 Å². The number of ether oxygens (including phenoxy) is 1. The second-order valence-corrected chi connectivity index (χ2v) is 30.9. The van der Waals surface area contributed by atoms with Gasteiger partial charge in [-0.05, 0) is 126 Å². The number of benzene rings is 8. The fourth-order valence-electron chi connectivity index (χ4n) is 16.2. The first-order valence-corrected chi connectivity index (χ1v) is 42.3. The number of para-hydroxylation sites is 3. The molecule has 0 fully saturated rings. The predicted octanol–water partition coefficient (Wildman–Crippen LogP) is 21.6. The summed E-state index contributed by atoms with van der Waals surface area (Å²) in [6.45, 7) is 15.9. The molecule has 12 aromatic rings. The van der Waals surface area contributed by atoms with Crippen molar-refractivity contribution in [3.05, 3.63) is 257 Å². The lowest BCUT2D eigenvalue weighted by atomic mass is 9.50. The van der Waals surface area contributed by atoms with Crippen molar-refractivity contribution in [3.8, 4) is 82.2 Å². The van der Waals surface area contributed by atoms with Crippen LogP contribution in [0, 0.1) is 77.6 Å². The summed E-state index contributed by atoms with van der Waals surface area (Å²) in [6.07, 6.45) is 38.9. The standard InChI is InChI=1S/C101H104B2N6O2S/c1-6-10-14-18-22-24-28-35-51-78(50-34-26-20-16-12-8-3)66-67-79-68-70-81(71-69-79)97-94-93(98(88(76-104)101-107-90-63-47-49-65-92(90)112-101)108(97)102(83-54-38-30-39-55-83)84-56-40-31-41-57-84)96(82-72-74-87(75-73-82)110-77-80(52-36-27-21-17-13-9-4)53-37-29-25-23-19-15-11-7-2)109(103(85-58-42-32-43-59-85)86-60-44-33-45-61-86)99(94)95(105-5)100-106-89-62-46-48-64-91(89)111-100/h4,30-33,38-49,54-65,68-75,78,80H,6-8,10-12,14-16,18-20,22-26,28-29,34-35,37,50-51,53,66-67,77H2,1-3H3/b98-88-,99-95+. The van der Waals surface area contributed by atoms with Gasteiger partial charge in [-0.2, -0.15) is 5.26 Å². The van der Waals surface area contributed by atoms with Crippen molar-refractivity contribution in [2.24, 2.45) is 11.8 Å². The molecular formula is C101H104B2N6O2S. The fraction of sp³-hybridized carbons (Fsp3) is 0.327. The van der Waals surface area contributed by atoms with E-state index in [4.69, 9.17) is 30.4 Å². The van der Waals surface area contributed by atoms with Gasteiger partial charge < -0.3 is 18.1 Å². The van der Waals surface area contributed by atoms with Crippen LogP contribution in [-0.2, 0) is 6.42 Å². The summed E-state index contributed by atoms with van der Waals surface area (Å²) in [5.41, 5.74) is 11.2. The van der Waals surface area contributed by atoms with Gasteiger partial charge in [0.05, 0.1) is 33.4 Å². The van der Waals surface area contributed by atoms with Crippen molar-refractivity contribution in [3.63, 3.8) is 0 Å². The third-order valence-corrected chi connectivity index (χ3v) is 23.0. The van der Waals surface area contributed by atoms with Crippen molar-refractivity contribution < 1.29 is 9.15 Å². The Bertz CT molecular complexity index is 5230. The molecule has 12 rings (SSSR count). The minimum atomic E-state index is -0.591. The van der Waals surface area contributed by atoms with Gasteiger partial charge in [0.2, 0.25) is 5.89 Å². The molecule has 0 aliphatic carbocycles. The molecule has 0 aliphatic rings. The molecule has 0 spiro atoms. The highest BCUT2D eigenvalue weighted by Crippen LogP contribution is 2.39. The van der Waals surface area contributed by atoms with Crippen LogP contribution in [0.2, 0.25) is 0 Å². The summed E-state index contributed by atoms with van der Waals surface area (Å²) < 4.78 is 19.6. The lowest BCUT2D eigenvalue weighted by Gasteiger charge is -2.24. The lowest BCUT2D eigenvalue weighted by molar-refractivity contribution is 0.270. The van der Waals surface area contributed by atoms with E-state index in [0.29, 0.717) is 50.7 Å². The Morgan fingerprint density at radius 1 is 0.491 bits per heavy atom. The van der Waals surface area contributed by atoms with Crippen LogP contribution in [0.4, 0.5) is 0 Å². The van der Waals surface area contributed by atoms with Crippen LogP contribution in [-0.4, -0.2) is 39.2 Å². The molecule has 11 heteroatoms. The maximum atomic E-state index is 12.7. The van der Waals surface area contributed by atoms with E-state index in [0.717, 1.165) is 97.5 Å². The fourth-order valence-corrected chi connectivity index (χ4v) is 17.1. The van der Waals surface area contributed by atoms with Crippen LogP contribution in [0.1, 0.15) is 204 Å². The zero-order valence-corrected chi connectivity index (χ0v) is 66.7. The normalized spacial score (nSPS) is 12.1. The first-order valence-electron chi connectivity index (χ1n) is 41.5. The number of oxazole rings is 1. The van der Waals surface area contributed by atoms with E-state index >= 15 is 0 Å². The summed E-state index contributed by atoms with van der Waals surface area (Å²) in [6, 6.07) is 79.0. The Morgan fingerprint density at radius 3 is 1.44 bits per heavy atom. The first kappa shape index (κ1) is 80.4. The number of nitriles is 1. The monoisotopic (exact) mass is 1490 g/mol. The van der Waals surface area contributed by atoms with Gasteiger partial charge >= 0.3 is 13.7 Å². The molecule has 2 unspecified atom stereocenters. The Kier molecular flexibility index (Phi) is 30.7. The molecule has 0 N–H and O–H groups in total. The molecule has 0 saturated heterocycles. The summed E-state index contributed by atoms with van der Waals surface area (Å²) in [7, 11) is 0. The van der Waals surface area contributed by atoms with E-state index in [1.807, 2.05) is 42.5 Å². The number of aromatic nitrogens is 4. The van der Waals surface area contributed by atoms with Crippen molar-refractivity contribution in [1.82, 2.24) is 18.9 Å². The number of thiazole rings is 1. The molecule has 4 aromatic heterocycles. The van der Waals surface area contributed by atoms with Crippen LogP contribution in [0.5, 0.6) is 5.75 Å². The largest absolute Gasteiger partial charge is 0.492 e. The number of aryl methyl sites for hydroxylation is 1. The molecule has 562 valence electrons. The quantitative estimate of drug-likeness (QED) is 0.0165. The third kappa shape index (κ3) is 20.9. The van der Waals surface area contributed by atoms with Crippen LogP contribution in [0.25, 0.3) is 70.7 Å². The maximum absolute atomic E-state index is 12.7. The van der Waals surface area contributed by atoms with Gasteiger partial charge in [0, 0.05) is 22.2 Å². The highest BCUT2D eigenvalue weighted by Gasteiger charge is 2.38. The topological polar surface area (TPSA) is 86.2 Å². The third-order valence-electron chi connectivity index (χ3n) is 21.9. The average Bonchev–Trinajstić information content (AvgIpc) is 1.52. The molecule has 2 atom stereocenters. The summed E-state index contributed by atoms with van der Waals surface area (Å²) >= 11 is 1.52. The highest BCUT2D eigenvalue weighted by molar-refractivity contribution is 7.19. The lowest BCUT2D eigenvalue weighted by Crippen LogP contribution is -2.54. The maximum Gasteiger partial charge on any atom is 0.328 e. The second-order valence-electron chi connectivity index (χ2n) is 29.9. The molecule has 8 nitrogen and oxygen atoms in total. The molecule has 0 radical (unpaired) electrons. The molecule has 4 heterocycles. The number of fused-ring (bicyclic) bond motifs is 3. The number of terminal acetylenes is 1. The van der Waals surface area contributed by atoms with Gasteiger partial charge in [0.1, 0.15) is 34.5 Å². The van der Waals surface area contributed by atoms with Crippen LogP contribution >= 0.6 is 11.3 Å². The van der Waals surface area contributed by atoms with E-state index in [-0.39, 0.29) is 17.5 Å². The molecule has 112 heavy (non-hydrogen) atoms. The van der Waals surface area contributed by atoms with Crippen molar-refractivity contribution in [1.29, 1.82) is 5.26 Å². The van der Waals surface area contributed by atoms with Gasteiger partial charge in [0.25, 0.3) is 5.70 Å². The number of nitrogens with zero attached hydrogens (tertiary/aromatic N) is 6. The minimum Gasteiger partial charge on any atom is -0.492 e. The Morgan fingerprint density at radius 2 is 0.938 bits per heavy atom. The number of unbranched alkanes of at least 4 members (excludes halogenated alkanes) is 19. The van der Waals surface area contributed by atoms with Gasteiger partial charge in [-0.25, -0.2) is 14.8 Å². The average molecular weight is 1490 g/mol. The van der Waals surface area contributed by atoms with Crippen molar-refractivity contribution >= 4 is 90.2 Å². The van der Waals surface area contributed by atoms with E-state index in [9.17, 15) is 11.8 Å². The summed E-state index contributed by atoms with van der Waals surface area (Å²) in [5, 5.41) is 16.1. The molecule has 8 aromatic carbocycles. The zero-order chi connectivity index (χ0) is 77.3. The van der Waals surface area contributed by atoms with Crippen molar-refractivity contribution in [2.75, 3.05) is 6.61 Å². The summed E-state index contributed by atoms with van der Waals surface area (Å²) in [4.78, 5) is 15.4. The van der Waals surface area contributed by atoms with E-state index in [1.165, 1.54) is 158 Å². The van der Waals surface area contributed by atoms with Crippen LogP contribution in [0.3, 0.4) is 0 Å². The predicted molar refractivity (Wildman–Crippen MR) is 473 cm³/mol. The molecule has 0 aliphatic heterocycles. The SMILES string of the molecule is [C-]#[N+]/C(c1nc2ccccc2o1)=c1\c2c(-c3ccc(CCC(CCCCCCCC)CCCCCCCCCC)cc3)n(B(c3ccccc3)c3ccccc3)/c(=C(/C#N)c3nc4ccccc4s3)c2c(-c2ccc(OCC(C#CC#CC#CC#C)CCCCCCCCCC)cc2)n1B(c1ccccc1)c1ccccc1. The van der Waals surface area contributed by atoms with E-state index < -0.39 is 13.7 Å². The minimum absolute atomic E-state index is 0.100. The molecular weight excluding hydrogens is 1380 g/mol. The van der Waals surface area contributed by atoms with Crippen LogP contribution in [0.15, 0.2) is 223 Å². The van der Waals surface area contributed by atoms with Gasteiger partial charge in [0.15, 0.2) is 5.58 Å². The first-order chi connectivity index (χ1) is 55.4. The molecule has 0 saturated carbocycles. The zero-order valence-electron chi connectivity index (χ0n) is 65.9. The Hall–Kier alpha value is -11.2. The Balaban J connectivity index is 1.15. The van der Waals surface area contributed by atoms with E-state index in [1.54, 1.807) is 0 Å². The van der Waals surface area contributed by atoms with Gasteiger partial charge in [-0.15, -0.1) is 17.8 Å². The summed E-state index contributed by atoms with van der Waals surface area (Å²) in [5.74, 6) is 21.2. The van der Waals surface area contributed by atoms with Gasteiger partial charge in [-0.3, -0.25) is 0 Å². The van der Waals surface area contributed by atoms with E-state index in [2.05, 4.69) is 253 Å². The van der Waals surface area contributed by atoms with Gasteiger partial charge in [-0.1, -0.05) is 373 Å². The number of rotatable bonds is 41. The second kappa shape index (κ2) is 42.9. The molecule has 0 amide bonds. The number of hydrogen-bond donors (Lipinski definition) is 0. The molecule has 0 bridgehead atoms. The Labute approximate surface area is 670 Å². The highest BCUT2D eigenvalue weighted by atomic mass is 32.1.